The molecular weight excluding hydrogens is 367 g/mol. The number of hydrogen-bond donors (Lipinski definition) is 2. The Balaban J connectivity index is 1.69. The van der Waals surface area contributed by atoms with Gasteiger partial charge in [-0.2, -0.15) is 0 Å². The minimum absolute atomic E-state index is 0.00592. The van der Waals surface area contributed by atoms with E-state index in [9.17, 15) is 17.6 Å². The zero-order chi connectivity index (χ0) is 19.4. The van der Waals surface area contributed by atoms with Crippen molar-refractivity contribution < 1.29 is 17.6 Å². The molecule has 0 radical (unpaired) electrons. The van der Waals surface area contributed by atoms with Gasteiger partial charge in [0.15, 0.2) is 0 Å². The van der Waals surface area contributed by atoms with Crippen molar-refractivity contribution in [3.05, 3.63) is 64.5 Å². The summed E-state index contributed by atoms with van der Waals surface area (Å²) in [7, 11) is -3.61. The second-order valence-electron chi connectivity index (χ2n) is 7.65. The first kappa shape index (κ1) is 18.0. The van der Waals surface area contributed by atoms with Crippen molar-refractivity contribution >= 4 is 21.6 Å². The van der Waals surface area contributed by atoms with Crippen LogP contribution in [0.2, 0.25) is 0 Å². The van der Waals surface area contributed by atoms with Gasteiger partial charge in [-0.25, -0.2) is 17.5 Å². The highest BCUT2D eigenvalue weighted by Gasteiger charge is 2.50. The molecule has 1 saturated carbocycles. The fraction of sp³-hybridized carbons (Fsp3) is 0.350. The van der Waals surface area contributed by atoms with Crippen LogP contribution in [-0.4, -0.2) is 20.6 Å². The van der Waals surface area contributed by atoms with Crippen LogP contribution in [-0.2, 0) is 15.4 Å². The molecular formula is C20H21FN2O3S. The standard InChI is InChI=1S/C20H21FN2O3S/c1-12-3-5-14(21)10-15(12)18-11-20(7-8-20)16-9-13(4-6-17(16)22-18)19(24)23-27(2,25)26/h3-6,9-10,18,22H,7-8,11H2,1-2H3,(H,23,24). The van der Waals surface area contributed by atoms with Crippen molar-refractivity contribution in [2.75, 3.05) is 11.6 Å². The van der Waals surface area contributed by atoms with E-state index in [2.05, 4.69) is 5.32 Å². The van der Waals surface area contributed by atoms with E-state index in [-0.39, 0.29) is 17.3 Å². The van der Waals surface area contributed by atoms with Gasteiger partial charge >= 0.3 is 0 Å². The third-order valence-corrected chi connectivity index (χ3v) is 6.08. The molecule has 1 atom stereocenters. The Hall–Kier alpha value is -2.41. The summed E-state index contributed by atoms with van der Waals surface area (Å²) < 4.78 is 38.4. The van der Waals surface area contributed by atoms with E-state index in [1.165, 1.54) is 6.07 Å². The number of fused-ring (bicyclic) bond motifs is 2. The van der Waals surface area contributed by atoms with Crippen molar-refractivity contribution in [1.82, 2.24) is 4.72 Å². The first-order valence-corrected chi connectivity index (χ1v) is 10.8. The number of amides is 1. The van der Waals surface area contributed by atoms with Gasteiger partial charge in [-0.15, -0.1) is 0 Å². The summed E-state index contributed by atoms with van der Waals surface area (Å²) in [6.07, 6.45) is 3.79. The molecule has 1 unspecified atom stereocenters. The molecule has 142 valence electrons. The maximum atomic E-state index is 13.8. The van der Waals surface area contributed by atoms with Gasteiger partial charge in [0.05, 0.1) is 12.3 Å². The van der Waals surface area contributed by atoms with Crippen molar-refractivity contribution in [3.8, 4) is 0 Å². The molecule has 7 heteroatoms. The van der Waals surface area contributed by atoms with Gasteiger partial charge in [-0.1, -0.05) is 6.07 Å². The van der Waals surface area contributed by atoms with Gasteiger partial charge in [0.1, 0.15) is 5.82 Å². The van der Waals surface area contributed by atoms with Crippen LogP contribution in [0, 0.1) is 12.7 Å². The normalized spacial score (nSPS) is 19.9. The minimum atomic E-state index is -3.61. The number of halogens is 1. The number of hydrogen-bond acceptors (Lipinski definition) is 4. The second kappa shape index (κ2) is 6.05. The van der Waals surface area contributed by atoms with Crippen LogP contribution in [0.4, 0.5) is 10.1 Å². The van der Waals surface area contributed by atoms with E-state index in [0.717, 1.165) is 47.9 Å². The molecule has 0 aromatic heterocycles. The summed E-state index contributed by atoms with van der Waals surface area (Å²) in [4.78, 5) is 12.2. The molecule has 1 heterocycles. The number of benzene rings is 2. The summed E-state index contributed by atoms with van der Waals surface area (Å²) >= 11 is 0. The highest BCUT2D eigenvalue weighted by molar-refractivity contribution is 7.89. The van der Waals surface area contributed by atoms with Gasteiger partial charge in [-0.3, -0.25) is 4.79 Å². The third-order valence-electron chi connectivity index (χ3n) is 5.53. The van der Waals surface area contributed by atoms with Crippen LogP contribution in [0.1, 0.15) is 52.4 Å². The van der Waals surface area contributed by atoms with Gasteiger partial charge < -0.3 is 5.32 Å². The topological polar surface area (TPSA) is 75.3 Å². The predicted molar refractivity (Wildman–Crippen MR) is 102 cm³/mol. The largest absolute Gasteiger partial charge is 0.378 e. The molecule has 2 aromatic rings. The Kier molecular flexibility index (Phi) is 4.03. The SMILES string of the molecule is Cc1ccc(F)cc1C1CC2(CC2)c2cc(C(=O)NS(C)(=O)=O)ccc2N1. The number of nitrogens with one attached hydrogen (secondary N) is 2. The Morgan fingerprint density at radius 3 is 2.63 bits per heavy atom. The maximum Gasteiger partial charge on any atom is 0.264 e. The van der Waals surface area contributed by atoms with Gasteiger partial charge in [0, 0.05) is 11.3 Å². The molecule has 1 spiro atoms. The van der Waals surface area contributed by atoms with Gasteiger partial charge in [-0.05, 0) is 78.6 Å². The van der Waals surface area contributed by atoms with Gasteiger partial charge in [0.25, 0.3) is 5.91 Å². The average Bonchev–Trinajstić information content (AvgIpc) is 3.35. The van der Waals surface area contributed by atoms with E-state index in [4.69, 9.17) is 0 Å². The molecule has 1 amide bonds. The molecule has 2 aliphatic rings. The number of carbonyl (C=O) groups is 1. The lowest BCUT2D eigenvalue weighted by atomic mass is 9.80. The van der Waals surface area contributed by atoms with E-state index in [1.54, 1.807) is 24.3 Å². The molecule has 2 aromatic carbocycles. The second-order valence-corrected chi connectivity index (χ2v) is 9.39. The number of anilines is 1. The Bertz CT molecular complexity index is 1050. The summed E-state index contributed by atoms with van der Waals surface area (Å²) in [5.41, 5.74) is 4.24. The Labute approximate surface area is 158 Å². The predicted octanol–water partition coefficient (Wildman–Crippen LogP) is 3.41. The summed E-state index contributed by atoms with van der Waals surface area (Å²) in [5.74, 6) is -0.875. The molecule has 2 N–H and O–H groups in total. The van der Waals surface area contributed by atoms with Crippen LogP contribution >= 0.6 is 0 Å². The molecule has 0 bridgehead atoms. The molecule has 27 heavy (non-hydrogen) atoms. The fourth-order valence-corrected chi connectivity index (χ4v) is 4.47. The summed E-state index contributed by atoms with van der Waals surface area (Å²) in [6.45, 7) is 1.98. The number of rotatable bonds is 3. The quantitative estimate of drug-likeness (QED) is 0.845. The molecule has 0 saturated heterocycles. The zero-order valence-electron chi connectivity index (χ0n) is 15.2. The van der Waals surface area contributed by atoms with Crippen LogP contribution < -0.4 is 10.0 Å². The molecule has 1 aliphatic carbocycles. The lowest BCUT2D eigenvalue weighted by molar-refractivity contribution is 0.0981. The highest BCUT2D eigenvalue weighted by atomic mass is 32.2. The maximum absolute atomic E-state index is 13.8. The monoisotopic (exact) mass is 388 g/mol. The molecule has 4 rings (SSSR count). The summed E-state index contributed by atoms with van der Waals surface area (Å²) in [6, 6.07) is 10.1. The van der Waals surface area contributed by atoms with Gasteiger partial charge in [0.2, 0.25) is 10.0 Å². The van der Waals surface area contributed by atoms with Crippen molar-refractivity contribution in [3.63, 3.8) is 0 Å². The summed E-state index contributed by atoms with van der Waals surface area (Å²) in [5, 5.41) is 3.47. The highest BCUT2D eigenvalue weighted by Crippen LogP contribution is 2.59. The third kappa shape index (κ3) is 3.43. The zero-order valence-corrected chi connectivity index (χ0v) is 16.0. The first-order valence-electron chi connectivity index (χ1n) is 8.86. The van der Waals surface area contributed by atoms with Crippen molar-refractivity contribution in [2.24, 2.45) is 0 Å². The van der Waals surface area contributed by atoms with E-state index in [0.29, 0.717) is 5.56 Å². The average molecular weight is 388 g/mol. The van der Waals surface area contributed by atoms with Crippen LogP contribution in [0.25, 0.3) is 0 Å². The van der Waals surface area contributed by atoms with Crippen molar-refractivity contribution in [1.29, 1.82) is 0 Å². The smallest absolute Gasteiger partial charge is 0.264 e. The van der Waals surface area contributed by atoms with E-state index >= 15 is 0 Å². The van der Waals surface area contributed by atoms with Crippen LogP contribution in [0.3, 0.4) is 0 Å². The first-order chi connectivity index (χ1) is 12.7. The fourth-order valence-electron chi connectivity index (χ4n) is 4.02. The van der Waals surface area contributed by atoms with E-state index in [1.807, 2.05) is 17.7 Å². The molecule has 5 nitrogen and oxygen atoms in total. The number of carbonyl (C=O) groups excluding carboxylic acids is 1. The lowest BCUT2D eigenvalue weighted by Crippen LogP contribution is -2.30. The van der Waals surface area contributed by atoms with Crippen LogP contribution in [0.15, 0.2) is 36.4 Å². The van der Waals surface area contributed by atoms with Crippen molar-refractivity contribution in [2.45, 2.75) is 37.6 Å². The minimum Gasteiger partial charge on any atom is -0.378 e. The molecule has 1 aliphatic heterocycles. The number of sulfonamides is 1. The molecule has 1 fully saturated rings. The Morgan fingerprint density at radius 1 is 1.22 bits per heavy atom. The van der Waals surface area contributed by atoms with Crippen LogP contribution in [0.5, 0.6) is 0 Å². The lowest BCUT2D eigenvalue weighted by Gasteiger charge is -2.35. The number of aryl methyl sites for hydroxylation is 1. The van der Waals surface area contributed by atoms with E-state index < -0.39 is 15.9 Å². The Morgan fingerprint density at radius 2 is 1.96 bits per heavy atom.